The molecule has 2 heteroatoms. The minimum atomic E-state index is 0.538. The molecule has 1 rings (SSSR count). The molecule has 1 heterocycles. The largest absolute Gasteiger partial charge is 0.270 e. The molecule has 0 aromatic carbocycles. The van der Waals surface area contributed by atoms with E-state index in [1.807, 2.05) is 0 Å². The summed E-state index contributed by atoms with van der Waals surface area (Å²) in [6, 6.07) is 0. The second-order valence-electron chi connectivity index (χ2n) is 4.27. The van der Waals surface area contributed by atoms with Crippen molar-refractivity contribution in [2.75, 3.05) is 0 Å². The minimum Gasteiger partial charge on any atom is -0.270 e. The summed E-state index contributed by atoms with van der Waals surface area (Å²) in [5.41, 5.74) is 3.90. The molecule has 0 atom stereocenters. The fourth-order valence-corrected chi connectivity index (χ4v) is 1.52. The van der Waals surface area contributed by atoms with E-state index in [9.17, 15) is 0 Å². The summed E-state index contributed by atoms with van der Waals surface area (Å²) < 4.78 is 2.07. The van der Waals surface area contributed by atoms with E-state index in [-0.39, 0.29) is 0 Å². The summed E-state index contributed by atoms with van der Waals surface area (Å²) in [4.78, 5) is 0. The number of aromatic nitrogens is 2. The first-order valence-corrected chi connectivity index (χ1v) is 6.03. The molecule has 0 saturated heterocycles. The average molecular weight is 210 g/mol. The molecule has 0 unspecified atom stereocenters. The molecule has 0 bridgehead atoms. The molecule has 0 radical (unpaired) electrons. The third-order valence-corrected chi connectivity index (χ3v) is 2.39. The van der Waals surface area contributed by atoms with Crippen LogP contribution in [-0.2, 0) is 6.54 Å². The van der Waals surface area contributed by atoms with E-state index in [4.69, 9.17) is 0 Å². The van der Waals surface area contributed by atoms with Gasteiger partial charge in [-0.1, -0.05) is 34.1 Å². The van der Waals surface area contributed by atoms with Gasteiger partial charge in [0.05, 0.1) is 5.69 Å². The maximum Gasteiger partial charge on any atom is 0.0681 e. The molecular weight excluding hydrogens is 184 g/mol. The van der Waals surface area contributed by atoms with Crippen molar-refractivity contribution in [3.05, 3.63) is 17.0 Å². The summed E-state index contributed by atoms with van der Waals surface area (Å²) in [5.74, 6) is 0.538. The van der Waals surface area contributed by atoms with Gasteiger partial charge in [0, 0.05) is 12.2 Å². The van der Waals surface area contributed by atoms with Gasteiger partial charge in [-0.15, -0.1) is 0 Å². The van der Waals surface area contributed by atoms with Crippen LogP contribution in [0, 0.1) is 13.8 Å². The summed E-state index contributed by atoms with van der Waals surface area (Å²) in [6.45, 7) is 16.0. The standard InChI is InChI=1S/C10H18N2.C3H8/c1-6-12-9(5)8(4)10(11-12)7(2)3;1-3-2/h7H,6H2,1-5H3;3H2,1-2H3. The van der Waals surface area contributed by atoms with Crippen LogP contribution in [0.5, 0.6) is 0 Å². The van der Waals surface area contributed by atoms with Crippen molar-refractivity contribution >= 4 is 0 Å². The Hall–Kier alpha value is -0.790. The minimum absolute atomic E-state index is 0.538. The highest BCUT2D eigenvalue weighted by Gasteiger charge is 2.11. The van der Waals surface area contributed by atoms with Crippen molar-refractivity contribution in [2.24, 2.45) is 0 Å². The van der Waals surface area contributed by atoms with Gasteiger partial charge in [0.2, 0.25) is 0 Å². The molecule has 0 aliphatic carbocycles. The van der Waals surface area contributed by atoms with Crippen molar-refractivity contribution in [2.45, 2.75) is 67.3 Å². The molecule has 0 N–H and O–H groups in total. The smallest absolute Gasteiger partial charge is 0.0681 e. The zero-order chi connectivity index (χ0) is 12.0. The Morgan fingerprint density at radius 3 is 1.80 bits per heavy atom. The van der Waals surface area contributed by atoms with Gasteiger partial charge in [0.25, 0.3) is 0 Å². The summed E-state index contributed by atoms with van der Waals surface area (Å²) in [5, 5.41) is 4.54. The zero-order valence-corrected chi connectivity index (χ0v) is 11.4. The average Bonchev–Trinajstić information content (AvgIpc) is 2.45. The van der Waals surface area contributed by atoms with Crippen LogP contribution in [0.15, 0.2) is 0 Å². The lowest BCUT2D eigenvalue weighted by molar-refractivity contribution is 0.620. The Kier molecular flexibility index (Phi) is 6.30. The molecule has 0 saturated carbocycles. The molecule has 88 valence electrons. The van der Waals surface area contributed by atoms with E-state index < -0.39 is 0 Å². The summed E-state index contributed by atoms with van der Waals surface area (Å²) >= 11 is 0. The first-order chi connectivity index (χ1) is 6.99. The highest BCUT2D eigenvalue weighted by Crippen LogP contribution is 2.19. The number of aryl methyl sites for hydroxylation is 1. The lowest BCUT2D eigenvalue weighted by Crippen LogP contribution is -1.99. The van der Waals surface area contributed by atoms with Crippen molar-refractivity contribution in [1.82, 2.24) is 9.78 Å². The van der Waals surface area contributed by atoms with Gasteiger partial charge < -0.3 is 0 Å². The molecule has 0 aliphatic rings. The van der Waals surface area contributed by atoms with Crippen LogP contribution in [0.3, 0.4) is 0 Å². The molecule has 1 aromatic rings. The van der Waals surface area contributed by atoms with Gasteiger partial charge in [0.15, 0.2) is 0 Å². The fourth-order valence-electron chi connectivity index (χ4n) is 1.52. The van der Waals surface area contributed by atoms with Crippen LogP contribution in [0.25, 0.3) is 0 Å². The molecular formula is C13H26N2. The normalized spacial score (nSPS) is 10.1. The fraction of sp³-hybridized carbons (Fsp3) is 0.769. The van der Waals surface area contributed by atoms with Crippen molar-refractivity contribution in [1.29, 1.82) is 0 Å². The number of hydrogen-bond donors (Lipinski definition) is 0. The molecule has 1 aromatic heterocycles. The van der Waals surface area contributed by atoms with Crippen LogP contribution >= 0.6 is 0 Å². The predicted molar refractivity (Wildman–Crippen MR) is 67.4 cm³/mol. The van der Waals surface area contributed by atoms with Gasteiger partial charge in [0.1, 0.15) is 0 Å². The number of hydrogen-bond acceptors (Lipinski definition) is 1. The van der Waals surface area contributed by atoms with Gasteiger partial charge >= 0.3 is 0 Å². The van der Waals surface area contributed by atoms with Crippen LogP contribution in [0.2, 0.25) is 0 Å². The van der Waals surface area contributed by atoms with E-state index in [0.717, 1.165) is 6.54 Å². The predicted octanol–water partition coefficient (Wildman–Crippen LogP) is 4.06. The Balaban J connectivity index is 0.000000583. The van der Waals surface area contributed by atoms with Crippen LogP contribution in [0.1, 0.15) is 63.9 Å². The maximum atomic E-state index is 4.54. The molecule has 15 heavy (non-hydrogen) atoms. The van der Waals surface area contributed by atoms with Crippen molar-refractivity contribution in [3.8, 4) is 0 Å². The SMILES string of the molecule is CCC.CCn1nc(C(C)C)c(C)c1C. The zero-order valence-electron chi connectivity index (χ0n) is 11.4. The first kappa shape index (κ1) is 14.2. The molecule has 2 nitrogen and oxygen atoms in total. The third-order valence-electron chi connectivity index (χ3n) is 2.39. The van der Waals surface area contributed by atoms with Crippen molar-refractivity contribution in [3.63, 3.8) is 0 Å². The van der Waals surface area contributed by atoms with E-state index in [0.29, 0.717) is 5.92 Å². The Morgan fingerprint density at radius 1 is 1.13 bits per heavy atom. The maximum absolute atomic E-state index is 4.54. The molecule has 0 fully saturated rings. The Bertz CT molecular complexity index is 285. The van der Waals surface area contributed by atoms with Crippen LogP contribution in [-0.4, -0.2) is 9.78 Å². The van der Waals surface area contributed by atoms with Crippen LogP contribution in [0.4, 0.5) is 0 Å². The summed E-state index contributed by atoms with van der Waals surface area (Å²) in [7, 11) is 0. The molecule has 0 amide bonds. The number of rotatable bonds is 2. The summed E-state index contributed by atoms with van der Waals surface area (Å²) in [6.07, 6.45) is 1.25. The van der Waals surface area contributed by atoms with Crippen LogP contribution < -0.4 is 0 Å². The first-order valence-electron chi connectivity index (χ1n) is 6.03. The van der Waals surface area contributed by atoms with E-state index in [1.54, 1.807) is 0 Å². The monoisotopic (exact) mass is 210 g/mol. The van der Waals surface area contributed by atoms with E-state index in [1.165, 1.54) is 23.4 Å². The lowest BCUT2D eigenvalue weighted by Gasteiger charge is -1.99. The molecule has 0 spiro atoms. The van der Waals surface area contributed by atoms with Gasteiger partial charge in [-0.25, -0.2) is 0 Å². The highest BCUT2D eigenvalue weighted by molar-refractivity contribution is 5.25. The van der Waals surface area contributed by atoms with Gasteiger partial charge in [-0.3, -0.25) is 4.68 Å². The molecule has 0 aliphatic heterocycles. The Labute approximate surface area is 94.7 Å². The van der Waals surface area contributed by atoms with Gasteiger partial charge in [-0.05, 0) is 32.3 Å². The Morgan fingerprint density at radius 2 is 1.60 bits per heavy atom. The second-order valence-corrected chi connectivity index (χ2v) is 4.27. The van der Waals surface area contributed by atoms with Crippen molar-refractivity contribution < 1.29 is 0 Å². The van der Waals surface area contributed by atoms with Gasteiger partial charge in [-0.2, -0.15) is 5.10 Å². The third kappa shape index (κ3) is 3.69. The lowest BCUT2D eigenvalue weighted by atomic mass is 10.1. The quantitative estimate of drug-likeness (QED) is 0.719. The van der Waals surface area contributed by atoms with E-state index in [2.05, 4.69) is 58.2 Å². The van der Waals surface area contributed by atoms with E-state index >= 15 is 0 Å². The second kappa shape index (κ2) is 6.65. The number of nitrogens with zero attached hydrogens (tertiary/aromatic N) is 2. The highest BCUT2D eigenvalue weighted by atomic mass is 15.3. The topological polar surface area (TPSA) is 17.8 Å².